The Labute approximate surface area is 239 Å². The van der Waals surface area contributed by atoms with Gasteiger partial charge in [0.15, 0.2) is 0 Å². The number of rotatable bonds is 8. The van der Waals surface area contributed by atoms with Crippen LogP contribution in [-0.2, 0) is 11.3 Å². The van der Waals surface area contributed by atoms with Crippen molar-refractivity contribution in [1.82, 2.24) is 34.5 Å². The number of benzene rings is 1. The van der Waals surface area contributed by atoms with Crippen LogP contribution in [0.25, 0.3) is 22.2 Å². The van der Waals surface area contributed by atoms with Gasteiger partial charge < -0.3 is 15.2 Å². The van der Waals surface area contributed by atoms with Gasteiger partial charge >= 0.3 is 6.18 Å². The van der Waals surface area contributed by atoms with Gasteiger partial charge in [-0.1, -0.05) is 6.07 Å². The number of carbonyl (C=O) groups excluding carboxylic acids is 1. The molecule has 3 aromatic heterocycles. The van der Waals surface area contributed by atoms with E-state index in [0.29, 0.717) is 31.4 Å². The number of carbonyl (C=O) groups is 1. The molecule has 1 atom stereocenters. The summed E-state index contributed by atoms with van der Waals surface area (Å²) in [5.74, 6) is 0.301. The van der Waals surface area contributed by atoms with Crippen LogP contribution in [0.3, 0.4) is 0 Å². The second-order valence-corrected chi connectivity index (χ2v) is 11.7. The third kappa shape index (κ3) is 6.48. The summed E-state index contributed by atoms with van der Waals surface area (Å²) in [5.41, 5.74) is 4.70. The van der Waals surface area contributed by atoms with Crippen molar-refractivity contribution >= 4 is 40.3 Å². The highest BCUT2D eigenvalue weighted by Crippen LogP contribution is 2.44. The summed E-state index contributed by atoms with van der Waals surface area (Å²) in [4.78, 5) is 27.6. The van der Waals surface area contributed by atoms with Crippen LogP contribution in [0.2, 0.25) is 0 Å². The molecule has 4 aromatic rings. The number of H-pyrrole nitrogens is 1. The number of anilines is 2. The molecule has 2 N–H and O–H groups in total. The predicted octanol–water partition coefficient (Wildman–Crippen LogP) is 5.49. The topological polar surface area (TPSA) is 95.0 Å². The number of piperazine rings is 1. The van der Waals surface area contributed by atoms with Gasteiger partial charge in [0.2, 0.25) is 11.9 Å². The number of aromatic amines is 1. The minimum atomic E-state index is -4.49. The van der Waals surface area contributed by atoms with E-state index in [1.54, 1.807) is 6.20 Å². The number of alkyl halides is 4. The molecule has 2 aliphatic rings. The van der Waals surface area contributed by atoms with Crippen molar-refractivity contribution in [3.05, 3.63) is 54.5 Å². The molecule has 0 bridgehead atoms. The molecule has 1 unspecified atom stereocenters. The van der Waals surface area contributed by atoms with Gasteiger partial charge in [0.25, 0.3) is 0 Å². The maximum Gasteiger partial charge on any atom is 0.397 e. The zero-order chi connectivity index (χ0) is 28.8. The Morgan fingerprint density at radius 2 is 1.93 bits per heavy atom. The average Bonchev–Trinajstić information content (AvgIpc) is 3.30. The molecule has 6 rings (SSSR count). The first kappa shape index (κ1) is 27.5. The summed E-state index contributed by atoms with van der Waals surface area (Å²) in [6.07, 6.45) is 1.70. The smallest absolute Gasteiger partial charge is 0.340 e. The van der Waals surface area contributed by atoms with E-state index >= 15 is 0 Å². The van der Waals surface area contributed by atoms with Crippen LogP contribution in [0.4, 0.5) is 24.9 Å². The van der Waals surface area contributed by atoms with Crippen LogP contribution in [0, 0.1) is 0 Å². The third-order valence-corrected chi connectivity index (χ3v) is 8.26. The average molecular weight is 587 g/mol. The van der Waals surface area contributed by atoms with Gasteiger partial charge in [-0.2, -0.15) is 18.3 Å². The highest BCUT2D eigenvalue weighted by atomic mass is 35.5. The number of nitrogens with one attached hydrogen (secondary N) is 2. The molecule has 216 valence electrons. The lowest BCUT2D eigenvalue weighted by Gasteiger charge is -2.38. The standard InChI is InChI=1S/C28H30ClF3N8O/c1-18(38-8-10-39(11-9-38)25(41)14-28(30,31)32)19-4-7-33-24(13-19)37-26-35-22-3-2-20(12-23(22)36-26)21-15-34-40(16-21)17-27(29)5-6-27/h2-4,7,12-13,15-16,18H,5-6,8-11,14,17H2,1H3,(H2,33,35,36,37). The third-order valence-electron chi connectivity index (χ3n) is 7.77. The zero-order valence-electron chi connectivity index (χ0n) is 22.5. The Kier molecular flexibility index (Phi) is 7.14. The van der Waals surface area contributed by atoms with E-state index < -0.39 is 18.5 Å². The molecule has 0 spiro atoms. The number of hydrogen-bond acceptors (Lipinski definition) is 6. The lowest BCUT2D eigenvalue weighted by molar-refractivity contribution is -0.162. The summed E-state index contributed by atoms with van der Waals surface area (Å²) in [5, 5.41) is 7.71. The van der Waals surface area contributed by atoms with Crippen molar-refractivity contribution in [2.75, 3.05) is 31.5 Å². The van der Waals surface area contributed by atoms with E-state index in [1.165, 1.54) is 4.90 Å². The van der Waals surface area contributed by atoms with Gasteiger partial charge in [-0.05, 0) is 55.2 Å². The van der Waals surface area contributed by atoms with E-state index in [1.807, 2.05) is 54.3 Å². The van der Waals surface area contributed by atoms with E-state index in [2.05, 4.69) is 30.3 Å². The molecule has 0 radical (unpaired) electrons. The minimum Gasteiger partial charge on any atom is -0.340 e. The monoisotopic (exact) mass is 586 g/mol. The maximum absolute atomic E-state index is 12.6. The van der Waals surface area contributed by atoms with Crippen LogP contribution in [-0.4, -0.2) is 77.7 Å². The normalized spacial score (nSPS) is 18.0. The van der Waals surface area contributed by atoms with E-state index in [-0.39, 0.29) is 24.0 Å². The highest BCUT2D eigenvalue weighted by molar-refractivity contribution is 6.25. The molecular weight excluding hydrogens is 557 g/mol. The molecule has 2 fully saturated rings. The van der Waals surface area contributed by atoms with Crippen LogP contribution >= 0.6 is 11.6 Å². The molecule has 1 saturated heterocycles. The summed E-state index contributed by atoms with van der Waals surface area (Å²) >= 11 is 6.45. The lowest BCUT2D eigenvalue weighted by Crippen LogP contribution is -2.50. The zero-order valence-corrected chi connectivity index (χ0v) is 23.2. The Morgan fingerprint density at radius 1 is 1.15 bits per heavy atom. The number of hydrogen-bond donors (Lipinski definition) is 2. The summed E-state index contributed by atoms with van der Waals surface area (Å²) in [7, 11) is 0. The SMILES string of the molecule is CC(c1ccnc(Nc2nc3ccc(-c4cnn(CC5(Cl)CC5)c4)cc3[nH]2)c1)N1CCN(C(=O)CC(F)(F)F)CC1. The van der Waals surface area contributed by atoms with E-state index in [4.69, 9.17) is 11.6 Å². The van der Waals surface area contributed by atoms with Gasteiger partial charge in [0.1, 0.15) is 12.2 Å². The molecular formula is C28H30ClF3N8O. The Morgan fingerprint density at radius 3 is 2.66 bits per heavy atom. The number of amides is 1. The second-order valence-electron chi connectivity index (χ2n) is 10.9. The molecule has 1 saturated carbocycles. The molecule has 4 heterocycles. The highest BCUT2D eigenvalue weighted by Gasteiger charge is 2.41. The molecule has 41 heavy (non-hydrogen) atoms. The number of pyridine rings is 1. The number of aromatic nitrogens is 5. The molecule has 1 aromatic carbocycles. The van der Waals surface area contributed by atoms with Crippen molar-refractivity contribution in [2.45, 2.75) is 49.8 Å². The first-order valence-electron chi connectivity index (χ1n) is 13.6. The quantitative estimate of drug-likeness (QED) is 0.265. The fourth-order valence-corrected chi connectivity index (χ4v) is 5.40. The van der Waals surface area contributed by atoms with Gasteiger partial charge in [0, 0.05) is 50.2 Å². The van der Waals surface area contributed by atoms with Gasteiger partial charge in [-0.3, -0.25) is 14.4 Å². The van der Waals surface area contributed by atoms with Crippen molar-refractivity contribution in [2.24, 2.45) is 0 Å². The van der Waals surface area contributed by atoms with Crippen molar-refractivity contribution in [3.8, 4) is 11.1 Å². The largest absolute Gasteiger partial charge is 0.397 e. The van der Waals surface area contributed by atoms with Crippen molar-refractivity contribution in [1.29, 1.82) is 0 Å². The molecule has 9 nitrogen and oxygen atoms in total. The number of nitrogens with zero attached hydrogens (tertiary/aromatic N) is 6. The van der Waals surface area contributed by atoms with Gasteiger partial charge in [-0.25, -0.2) is 9.97 Å². The first-order valence-corrected chi connectivity index (χ1v) is 13.9. The summed E-state index contributed by atoms with van der Waals surface area (Å²) < 4.78 is 39.7. The van der Waals surface area contributed by atoms with Crippen LogP contribution in [0.5, 0.6) is 0 Å². The minimum absolute atomic E-state index is 0.00818. The number of fused-ring (bicyclic) bond motifs is 1. The fraction of sp³-hybridized carbons (Fsp3) is 0.429. The first-order chi connectivity index (χ1) is 19.5. The summed E-state index contributed by atoms with van der Waals surface area (Å²) in [6, 6.07) is 9.84. The van der Waals surface area contributed by atoms with E-state index in [9.17, 15) is 18.0 Å². The maximum atomic E-state index is 12.6. The van der Waals surface area contributed by atoms with Crippen LogP contribution in [0.15, 0.2) is 48.9 Å². The number of halogens is 4. The molecule has 13 heteroatoms. The van der Waals surface area contributed by atoms with E-state index in [0.717, 1.165) is 40.6 Å². The fourth-order valence-electron chi connectivity index (χ4n) is 5.18. The predicted molar refractivity (Wildman–Crippen MR) is 150 cm³/mol. The second kappa shape index (κ2) is 10.6. The summed E-state index contributed by atoms with van der Waals surface area (Å²) in [6.45, 7) is 4.27. The molecule has 1 amide bonds. The van der Waals surface area contributed by atoms with Gasteiger partial charge in [-0.15, -0.1) is 11.6 Å². The Balaban J connectivity index is 1.09. The Bertz CT molecular complexity index is 1560. The van der Waals surface area contributed by atoms with Gasteiger partial charge in [0.05, 0.1) is 28.6 Å². The van der Waals surface area contributed by atoms with Crippen LogP contribution < -0.4 is 5.32 Å². The molecule has 1 aliphatic carbocycles. The molecule has 1 aliphatic heterocycles. The lowest BCUT2D eigenvalue weighted by atomic mass is 10.1. The number of imidazole rings is 1. The van der Waals surface area contributed by atoms with Crippen molar-refractivity contribution in [3.63, 3.8) is 0 Å². The van der Waals surface area contributed by atoms with Crippen molar-refractivity contribution < 1.29 is 18.0 Å². The van der Waals surface area contributed by atoms with Crippen LogP contribution in [0.1, 0.15) is 37.8 Å². The Hall–Kier alpha value is -3.64.